The predicted molar refractivity (Wildman–Crippen MR) is 220 cm³/mol. The van der Waals surface area contributed by atoms with Crippen molar-refractivity contribution in [3.63, 3.8) is 0 Å². The molecule has 0 bridgehead atoms. The lowest BCUT2D eigenvalue weighted by Crippen LogP contribution is -2.33. The summed E-state index contributed by atoms with van der Waals surface area (Å²) in [6.07, 6.45) is 7.08. The molecule has 0 spiro atoms. The Hall–Kier alpha value is -4.02. The van der Waals surface area contributed by atoms with Gasteiger partial charge in [0.15, 0.2) is 5.71 Å². The number of benzene rings is 2. The Morgan fingerprint density at radius 3 is 2.08 bits per heavy atom. The van der Waals surface area contributed by atoms with E-state index < -0.39 is 63.6 Å². The summed E-state index contributed by atoms with van der Waals surface area (Å²) in [4.78, 5) is 25.8. The maximum atomic E-state index is 13.2. The van der Waals surface area contributed by atoms with Crippen molar-refractivity contribution in [2.75, 3.05) is 63.5 Å². The lowest BCUT2D eigenvalue weighted by atomic mass is 9.75. The van der Waals surface area contributed by atoms with Crippen molar-refractivity contribution < 1.29 is 67.7 Å². The van der Waals surface area contributed by atoms with Crippen LogP contribution in [-0.4, -0.2) is 125 Å². The number of ether oxygens (including phenoxy) is 2. The number of nitrogens with one attached hydrogen (secondary N) is 1. The van der Waals surface area contributed by atoms with Gasteiger partial charge in [-0.25, -0.2) is 25.3 Å². The molecule has 4 rings (SSSR count). The lowest BCUT2D eigenvalue weighted by Gasteiger charge is -2.30. The molecule has 2 unspecified atom stereocenters. The number of carboxylic acid groups (broad SMARTS) is 1. The summed E-state index contributed by atoms with van der Waals surface area (Å²) in [5, 5.41) is 12.0. The van der Waals surface area contributed by atoms with Gasteiger partial charge in [0.1, 0.15) is 16.7 Å². The van der Waals surface area contributed by atoms with Gasteiger partial charge in [-0.05, 0) is 94.3 Å². The summed E-state index contributed by atoms with van der Waals surface area (Å²) in [5.41, 5.74) is 1.95. The molecule has 0 aromatic heterocycles. The first-order valence-corrected chi connectivity index (χ1v) is 24.0. The van der Waals surface area contributed by atoms with Crippen molar-refractivity contribution in [3.8, 4) is 0 Å². The number of aliphatic carboxylic acids is 1. The van der Waals surface area contributed by atoms with Crippen molar-refractivity contribution >= 4 is 59.3 Å². The number of rotatable bonds is 24. The Bertz CT molecular complexity index is 2340. The second-order valence-electron chi connectivity index (χ2n) is 15.3. The first kappa shape index (κ1) is 48.6. The normalized spacial score (nSPS) is 20.0. The Morgan fingerprint density at radius 1 is 0.833 bits per heavy atom. The van der Waals surface area contributed by atoms with Crippen LogP contribution in [-0.2, 0) is 55.5 Å². The molecule has 2 aromatic carbocycles. The molecule has 0 saturated heterocycles. The van der Waals surface area contributed by atoms with Crippen molar-refractivity contribution in [2.24, 2.45) is 0 Å². The number of hydrogen-bond acceptors (Lipinski definition) is 14. The third-order valence-electron chi connectivity index (χ3n) is 11.0. The number of carboxylic acids is 1. The Balaban J connectivity index is 1.91. The van der Waals surface area contributed by atoms with Crippen LogP contribution in [0.4, 0.5) is 11.4 Å². The van der Waals surface area contributed by atoms with E-state index in [1.165, 1.54) is 32.4 Å². The molecule has 0 radical (unpaired) electrons. The Kier molecular flexibility index (Phi) is 16.4. The molecule has 0 saturated carbocycles. The van der Waals surface area contributed by atoms with Gasteiger partial charge in [-0.15, -0.1) is 0 Å². The zero-order chi connectivity index (χ0) is 44.5. The van der Waals surface area contributed by atoms with Gasteiger partial charge in [-0.1, -0.05) is 6.08 Å². The van der Waals surface area contributed by atoms with Crippen LogP contribution in [0.5, 0.6) is 0 Å². The lowest BCUT2D eigenvalue weighted by molar-refractivity contribution is -0.438. The van der Waals surface area contributed by atoms with Crippen LogP contribution in [0.15, 0.2) is 65.2 Å². The van der Waals surface area contributed by atoms with E-state index in [1.807, 2.05) is 22.5 Å². The fourth-order valence-corrected chi connectivity index (χ4v) is 9.59. The number of nitrogens with zero attached hydrogens (tertiary/aromatic N) is 2. The maximum Gasteiger partial charge on any atom is 0.303 e. The number of carbonyl (C=O) groups excluding carboxylic acids is 1. The topological polar surface area (TPSA) is 263 Å². The van der Waals surface area contributed by atoms with Gasteiger partial charge in [0, 0.05) is 91.7 Å². The summed E-state index contributed by atoms with van der Waals surface area (Å²) in [7, 11) is -11.1. The summed E-state index contributed by atoms with van der Waals surface area (Å²) in [6, 6.07) is 9.17. The summed E-state index contributed by atoms with van der Waals surface area (Å²) < 4.78 is 119. The number of hydrogen-bond donors (Lipinski definition) is 2. The van der Waals surface area contributed by atoms with Crippen LogP contribution in [0, 0.1) is 0 Å². The molecular weight excluding hydrogens is 843 g/mol. The summed E-state index contributed by atoms with van der Waals surface area (Å²) >= 11 is 0. The molecule has 60 heavy (non-hydrogen) atoms. The second kappa shape index (κ2) is 20.2. The first-order valence-electron chi connectivity index (χ1n) is 19.5. The molecule has 20 heteroatoms. The van der Waals surface area contributed by atoms with Crippen LogP contribution in [0.3, 0.4) is 0 Å². The molecule has 0 fully saturated rings. The minimum Gasteiger partial charge on any atom is -0.748 e. The van der Waals surface area contributed by atoms with Crippen molar-refractivity contribution in [2.45, 2.75) is 80.9 Å². The van der Waals surface area contributed by atoms with Crippen molar-refractivity contribution in [1.82, 2.24) is 5.32 Å². The average molecular weight is 896 g/mol. The van der Waals surface area contributed by atoms with Gasteiger partial charge in [0.25, 0.3) is 5.91 Å². The molecule has 2 heterocycles. The van der Waals surface area contributed by atoms with Crippen LogP contribution in [0.25, 0.3) is 0 Å². The van der Waals surface area contributed by atoms with E-state index in [0.717, 1.165) is 5.69 Å². The first-order chi connectivity index (χ1) is 28.1. The number of methoxy groups -OCH3 is 2. The van der Waals surface area contributed by atoms with Crippen molar-refractivity contribution in [3.05, 3.63) is 77.0 Å². The summed E-state index contributed by atoms with van der Waals surface area (Å²) in [6.45, 7) is 5.11. The van der Waals surface area contributed by atoms with Crippen LogP contribution < -0.4 is 10.2 Å². The number of fused-ring (bicyclic) bond motifs is 2. The smallest absolute Gasteiger partial charge is 0.303 e. The third-order valence-corrected chi connectivity index (χ3v) is 13.4. The number of unbranched alkanes of at least 4 members (excludes halogenated alkanes) is 2. The van der Waals surface area contributed by atoms with E-state index in [9.17, 15) is 53.6 Å². The summed E-state index contributed by atoms with van der Waals surface area (Å²) in [5.74, 6) is -2.58. The van der Waals surface area contributed by atoms with Crippen LogP contribution in [0.1, 0.15) is 86.7 Å². The largest absolute Gasteiger partial charge is 0.748 e. The fourth-order valence-electron chi connectivity index (χ4n) is 8.10. The zero-order valence-corrected chi connectivity index (χ0v) is 36.6. The van der Waals surface area contributed by atoms with Crippen LogP contribution >= 0.6 is 0 Å². The standard InChI is InChI=1S/C40H55N3O14S3/c1-39(18-9-25-58(47,48)49)31-27-29(38(46)41-20-23-56-3)14-16-33(31)42(21-7-5-6-13-37(44)45)35(39)11-8-12-36-40(2,19-10-26-59(50,51)52)32-28-30(60(53,54)55)15-17-34(32)43(36)22-24-57-4/h8,11-12,14-17,27-28H,5-7,9-10,13,18-26H2,1-4H3,(H4-,41,44,45,46,47,48,49,50,51,52,53,54,55)/p-2. The van der Waals surface area contributed by atoms with E-state index in [2.05, 4.69) is 5.32 Å². The quantitative estimate of drug-likeness (QED) is 0.0868. The fraction of sp³-hybridized carbons (Fsp3) is 0.525. The van der Waals surface area contributed by atoms with E-state index >= 15 is 0 Å². The molecule has 2 atom stereocenters. The molecule has 0 aliphatic carbocycles. The molecular formula is C40H53N3O14S3-2. The number of anilines is 1. The van der Waals surface area contributed by atoms with Gasteiger partial charge < -0.3 is 38.5 Å². The third kappa shape index (κ3) is 12.3. The molecule has 2 aromatic rings. The Morgan fingerprint density at radius 2 is 1.48 bits per heavy atom. The molecule has 17 nitrogen and oxygen atoms in total. The SMILES string of the molecule is COCCNC(=O)c1ccc2c(c1)C(C)(CCCS(=O)(=O)[O-])C(/C=C/C=C1/N(CCOC)c3ccc(S(=O)(=O)[O-])cc3C1(C)CCCS(=O)(=O)[O-])=[N+]2CCCCCC(=O)O. The van der Waals surface area contributed by atoms with Crippen molar-refractivity contribution in [1.29, 1.82) is 0 Å². The van der Waals surface area contributed by atoms with Gasteiger partial charge in [-0.3, -0.25) is 9.59 Å². The molecule has 2 aliphatic heterocycles. The maximum absolute atomic E-state index is 13.2. The molecule has 1 amide bonds. The number of amides is 1. The minimum absolute atomic E-state index is 0.00667. The Labute approximate surface area is 352 Å². The predicted octanol–water partition coefficient (Wildman–Crippen LogP) is 3.48. The highest BCUT2D eigenvalue weighted by Gasteiger charge is 2.48. The molecule has 332 valence electrons. The van der Waals surface area contributed by atoms with E-state index in [0.29, 0.717) is 59.6 Å². The van der Waals surface area contributed by atoms with E-state index in [1.54, 1.807) is 37.3 Å². The number of allylic oxidation sites excluding steroid dienone is 4. The monoisotopic (exact) mass is 895 g/mol. The molecule has 2 aliphatic rings. The van der Waals surface area contributed by atoms with Gasteiger partial charge in [0.2, 0.25) is 5.69 Å². The van der Waals surface area contributed by atoms with Gasteiger partial charge in [-0.2, -0.15) is 4.58 Å². The highest BCUT2D eigenvalue weighted by atomic mass is 32.2. The van der Waals surface area contributed by atoms with Gasteiger partial charge in [0.05, 0.1) is 43.8 Å². The highest BCUT2D eigenvalue weighted by molar-refractivity contribution is 7.86. The average Bonchev–Trinajstić information content (AvgIpc) is 3.52. The van der Waals surface area contributed by atoms with Gasteiger partial charge >= 0.3 is 5.97 Å². The van der Waals surface area contributed by atoms with E-state index in [4.69, 9.17) is 9.47 Å². The number of carbonyl (C=O) groups is 2. The van der Waals surface area contributed by atoms with E-state index in [-0.39, 0.29) is 64.3 Å². The minimum atomic E-state index is -4.89. The highest BCUT2D eigenvalue weighted by Crippen LogP contribution is 2.51. The van der Waals surface area contributed by atoms with Crippen LogP contribution in [0.2, 0.25) is 0 Å². The molecule has 2 N–H and O–H groups in total. The zero-order valence-electron chi connectivity index (χ0n) is 34.2. The second-order valence-corrected chi connectivity index (χ2v) is 19.7.